The van der Waals surface area contributed by atoms with Crippen LogP contribution in [-0.4, -0.2) is 12.0 Å². The summed E-state index contributed by atoms with van der Waals surface area (Å²) < 4.78 is 39.0. The van der Waals surface area contributed by atoms with Gasteiger partial charge in [0, 0.05) is 16.9 Å². The average molecular weight is 310 g/mol. The molecule has 0 amide bonds. The smallest absolute Gasteiger partial charge is 0.194 e. The van der Waals surface area contributed by atoms with Gasteiger partial charge in [0.15, 0.2) is 23.2 Å². The molecule has 0 saturated heterocycles. The van der Waals surface area contributed by atoms with E-state index in [0.717, 1.165) is 22.6 Å². The van der Waals surface area contributed by atoms with Gasteiger partial charge in [-0.25, -0.2) is 13.2 Å². The number of thioether (sulfide) groups is 1. The van der Waals surface area contributed by atoms with Crippen molar-refractivity contribution >= 4 is 17.5 Å². The molecule has 21 heavy (non-hydrogen) atoms. The van der Waals surface area contributed by atoms with E-state index >= 15 is 0 Å². The van der Waals surface area contributed by atoms with Crippen LogP contribution < -0.4 is 0 Å². The highest BCUT2D eigenvalue weighted by Gasteiger charge is 2.14. The highest BCUT2D eigenvalue weighted by Crippen LogP contribution is 2.18. The van der Waals surface area contributed by atoms with Gasteiger partial charge in [-0.05, 0) is 42.5 Å². The number of aryl methyl sites for hydroxylation is 1. The molecule has 5 heteroatoms. The van der Waals surface area contributed by atoms with Crippen LogP contribution in [0.3, 0.4) is 0 Å². The predicted octanol–water partition coefficient (Wildman–Crippen LogP) is 4.64. The topological polar surface area (TPSA) is 17.1 Å². The van der Waals surface area contributed by atoms with Crippen molar-refractivity contribution in [2.45, 2.75) is 17.7 Å². The Bertz CT molecular complexity index is 630. The summed E-state index contributed by atoms with van der Waals surface area (Å²) in [5.74, 6) is -4.66. The highest BCUT2D eigenvalue weighted by molar-refractivity contribution is 7.98. The van der Waals surface area contributed by atoms with Crippen LogP contribution in [0.15, 0.2) is 41.3 Å². The lowest BCUT2D eigenvalue weighted by atomic mass is 10.0. The molecule has 0 atom stereocenters. The fourth-order valence-corrected chi connectivity index (χ4v) is 2.32. The number of benzene rings is 2. The van der Waals surface area contributed by atoms with E-state index < -0.39 is 23.2 Å². The molecule has 0 N–H and O–H groups in total. The molecule has 0 spiro atoms. The second kappa shape index (κ2) is 6.80. The molecule has 2 rings (SSSR count). The van der Waals surface area contributed by atoms with Crippen LogP contribution in [0.5, 0.6) is 0 Å². The Morgan fingerprint density at radius 3 is 2.14 bits per heavy atom. The molecule has 1 nitrogen and oxygen atoms in total. The molecular formula is C16H13F3OS. The summed E-state index contributed by atoms with van der Waals surface area (Å²) in [4.78, 5) is 13.0. The third-order valence-corrected chi connectivity index (χ3v) is 3.85. The molecule has 0 aliphatic carbocycles. The fourth-order valence-electron chi connectivity index (χ4n) is 1.91. The Morgan fingerprint density at radius 1 is 1.05 bits per heavy atom. The summed E-state index contributed by atoms with van der Waals surface area (Å²) in [6, 6.07) is 9.18. The minimum absolute atomic E-state index is 0.114. The minimum atomic E-state index is -1.56. The van der Waals surface area contributed by atoms with Crippen LogP contribution in [0.1, 0.15) is 22.3 Å². The lowest BCUT2D eigenvalue weighted by Crippen LogP contribution is -2.04. The van der Waals surface area contributed by atoms with Crippen LogP contribution in [0, 0.1) is 17.5 Å². The lowest BCUT2D eigenvalue weighted by Gasteiger charge is -2.04. The van der Waals surface area contributed by atoms with Crippen molar-refractivity contribution < 1.29 is 18.0 Å². The number of carbonyl (C=O) groups is 1. The normalized spacial score (nSPS) is 10.7. The number of ketones is 1. The Labute approximate surface area is 125 Å². The third-order valence-electron chi connectivity index (χ3n) is 3.11. The second-order valence-electron chi connectivity index (χ2n) is 4.53. The predicted molar refractivity (Wildman–Crippen MR) is 77.2 cm³/mol. The fraction of sp³-hybridized carbons (Fsp3) is 0.188. The van der Waals surface area contributed by atoms with Crippen LogP contribution >= 0.6 is 11.8 Å². The molecule has 0 aromatic heterocycles. The van der Waals surface area contributed by atoms with E-state index in [1.54, 1.807) is 11.8 Å². The van der Waals surface area contributed by atoms with E-state index in [1.807, 2.05) is 30.5 Å². The molecule has 0 heterocycles. The summed E-state index contributed by atoms with van der Waals surface area (Å²) >= 11 is 1.62. The molecular weight excluding hydrogens is 297 g/mol. The van der Waals surface area contributed by atoms with E-state index in [-0.39, 0.29) is 12.0 Å². The van der Waals surface area contributed by atoms with Gasteiger partial charge in [-0.3, -0.25) is 4.79 Å². The number of halogens is 3. The Hall–Kier alpha value is -1.75. The van der Waals surface area contributed by atoms with Gasteiger partial charge in [0.25, 0.3) is 0 Å². The average Bonchev–Trinajstić information content (AvgIpc) is 2.50. The van der Waals surface area contributed by atoms with E-state index in [4.69, 9.17) is 0 Å². The molecule has 0 unspecified atom stereocenters. The van der Waals surface area contributed by atoms with Gasteiger partial charge in [0.05, 0.1) is 0 Å². The first-order chi connectivity index (χ1) is 10.0. The first-order valence-corrected chi connectivity index (χ1v) is 7.54. The van der Waals surface area contributed by atoms with Gasteiger partial charge in [0.1, 0.15) is 0 Å². The summed E-state index contributed by atoms with van der Waals surface area (Å²) in [5.41, 5.74) is 0.816. The third kappa shape index (κ3) is 3.88. The molecule has 2 aromatic carbocycles. The molecule has 0 saturated carbocycles. The summed E-state index contributed by atoms with van der Waals surface area (Å²) in [6.07, 6.45) is 2.55. The van der Waals surface area contributed by atoms with Crippen LogP contribution in [0.25, 0.3) is 0 Å². The van der Waals surface area contributed by atoms with Gasteiger partial charge in [-0.2, -0.15) is 0 Å². The Kier molecular flexibility index (Phi) is 5.07. The number of Topliss-reactive ketones (excluding diaryl/α,β-unsaturated/α-hetero) is 1. The SMILES string of the molecule is CSc1ccc(CCC(=O)c2cc(F)c(F)c(F)c2)cc1. The molecule has 0 aliphatic rings. The quantitative estimate of drug-likeness (QED) is 0.454. The maximum absolute atomic E-state index is 13.1. The maximum Gasteiger partial charge on any atom is 0.194 e. The molecule has 0 aliphatic heterocycles. The van der Waals surface area contributed by atoms with Crippen molar-refractivity contribution in [2.75, 3.05) is 6.26 Å². The van der Waals surface area contributed by atoms with Crippen molar-refractivity contribution in [3.05, 3.63) is 65.0 Å². The molecule has 2 aromatic rings. The molecule has 0 bridgehead atoms. The summed E-state index contributed by atoms with van der Waals surface area (Å²) in [6.45, 7) is 0. The van der Waals surface area contributed by atoms with Crippen molar-refractivity contribution in [3.63, 3.8) is 0 Å². The standard InChI is InChI=1S/C16H13F3OS/c1-21-12-5-2-10(3-6-12)4-7-15(20)11-8-13(17)16(19)14(18)9-11/h2-3,5-6,8-9H,4,7H2,1H3. The first kappa shape index (κ1) is 15.6. The Morgan fingerprint density at radius 2 is 1.62 bits per heavy atom. The first-order valence-electron chi connectivity index (χ1n) is 6.32. The zero-order chi connectivity index (χ0) is 15.4. The van der Waals surface area contributed by atoms with Crippen LogP contribution in [-0.2, 0) is 6.42 Å². The monoisotopic (exact) mass is 310 g/mol. The number of hydrogen-bond acceptors (Lipinski definition) is 2. The maximum atomic E-state index is 13.1. The van der Waals surface area contributed by atoms with Gasteiger partial charge in [-0.15, -0.1) is 11.8 Å². The van der Waals surface area contributed by atoms with Crippen molar-refractivity contribution in [1.29, 1.82) is 0 Å². The highest BCUT2D eigenvalue weighted by atomic mass is 32.2. The molecule has 0 radical (unpaired) electrons. The summed E-state index contributed by atoms with van der Waals surface area (Å²) in [5, 5.41) is 0. The van der Waals surface area contributed by atoms with E-state index in [9.17, 15) is 18.0 Å². The van der Waals surface area contributed by atoms with Crippen molar-refractivity contribution in [1.82, 2.24) is 0 Å². The second-order valence-corrected chi connectivity index (χ2v) is 5.40. The van der Waals surface area contributed by atoms with Gasteiger partial charge < -0.3 is 0 Å². The van der Waals surface area contributed by atoms with Crippen molar-refractivity contribution in [3.8, 4) is 0 Å². The number of rotatable bonds is 5. The number of carbonyl (C=O) groups excluding carboxylic acids is 1. The lowest BCUT2D eigenvalue weighted by molar-refractivity contribution is 0.0981. The minimum Gasteiger partial charge on any atom is -0.294 e. The number of hydrogen-bond donors (Lipinski definition) is 0. The zero-order valence-electron chi connectivity index (χ0n) is 11.3. The van der Waals surface area contributed by atoms with E-state index in [2.05, 4.69) is 0 Å². The zero-order valence-corrected chi connectivity index (χ0v) is 12.1. The van der Waals surface area contributed by atoms with Gasteiger partial charge in [-0.1, -0.05) is 12.1 Å². The van der Waals surface area contributed by atoms with Gasteiger partial charge >= 0.3 is 0 Å². The van der Waals surface area contributed by atoms with Crippen molar-refractivity contribution in [2.24, 2.45) is 0 Å². The van der Waals surface area contributed by atoms with Crippen LogP contribution in [0.2, 0.25) is 0 Å². The van der Waals surface area contributed by atoms with E-state index in [0.29, 0.717) is 6.42 Å². The molecule has 0 fully saturated rings. The largest absolute Gasteiger partial charge is 0.294 e. The van der Waals surface area contributed by atoms with Gasteiger partial charge in [0.2, 0.25) is 0 Å². The molecule has 110 valence electrons. The Balaban J connectivity index is 2.04. The van der Waals surface area contributed by atoms with E-state index in [1.165, 1.54) is 0 Å². The van der Waals surface area contributed by atoms with Crippen LogP contribution in [0.4, 0.5) is 13.2 Å². The summed E-state index contributed by atoms with van der Waals surface area (Å²) in [7, 11) is 0.